The summed E-state index contributed by atoms with van der Waals surface area (Å²) in [7, 11) is 3.35. The van der Waals surface area contributed by atoms with Crippen LogP contribution in [-0.4, -0.2) is 46.4 Å². The predicted octanol–water partition coefficient (Wildman–Crippen LogP) is 5.37. The van der Waals surface area contributed by atoms with E-state index in [0.29, 0.717) is 52.7 Å². The largest absolute Gasteiger partial charge is 0.416 e. The number of nitrogens with zero attached hydrogens (tertiary/aromatic N) is 5. The number of carbonyl (C=O) groups is 1. The van der Waals surface area contributed by atoms with Crippen LogP contribution in [0.25, 0.3) is 11.0 Å². The molecule has 1 aliphatic heterocycles. The third kappa shape index (κ3) is 5.36. The summed E-state index contributed by atoms with van der Waals surface area (Å²) in [5, 5.41) is 3.69. The number of alkyl halides is 3. The molecule has 3 heterocycles. The highest BCUT2D eigenvalue weighted by molar-refractivity contribution is 6.03. The average molecular weight is 550 g/mol. The highest BCUT2D eigenvalue weighted by Crippen LogP contribution is 2.35. The number of nitrogen functional groups attached to an aromatic ring is 1. The highest BCUT2D eigenvalue weighted by atomic mass is 19.4. The molecule has 0 saturated carbocycles. The Balaban J connectivity index is 1.58. The number of fused-ring (bicyclic) bond motifs is 2. The predicted molar refractivity (Wildman–Crippen MR) is 149 cm³/mol. The first-order valence-electron chi connectivity index (χ1n) is 12.9. The molecule has 1 amide bonds. The SMILES string of the molecule is Cc1nc(N[C@H](C)c2cc(N)cc(C(F)(F)F)c2)c2cc(C(=O)N(C)C)c(N3CCc4ccccc4C3)nc2n1. The number of halogens is 3. The fourth-order valence-corrected chi connectivity index (χ4v) is 4.96. The zero-order chi connectivity index (χ0) is 28.8. The van der Waals surface area contributed by atoms with E-state index in [-0.39, 0.29) is 11.6 Å². The molecule has 3 N–H and O–H groups in total. The van der Waals surface area contributed by atoms with Gasteiger partial charge in [0, 0.05) is 32.9 Å². The lowest BCUT2D eigenvalue weighted by molar-refractivity contribution is -0.137. The smallest absolute Gasteiger partial charge is 0.399 e. The Kier molecular flexibility index (Phi) is 6.99. The van der Waals surface area contributed by atoms with Crippen LogP contribution in [0.1, 0.15) is 51.4 Å². The molecule has 0 bridgehead atoms. The van der Waals surface area contributed by atoms with Crippen LogP contribution in [0.2, 0.25) is 0 Å². The van der Waals surface area contributed by atoms with Crippen molar-refractivity contribution in [1.29, 1.82) is 0 Å². The normalized spacial score (nSPS) is 14.1. The molecule has 1 atom stereocenters. The first-order valence-corrected chi connectivity index (χ1v) is 12.9. The number of nitrogens with two attached hydrogens (primary N) is 1. The number of pyridine rings is 1. The van der Waals surface area contributed by atoms with E-state index in [0.717, 1.165) is 18.6 Å². The van der Waals surface area contributed by atoms with Crippen molar-refractivity contribution >= 4 is 34.3 Å². The van der Waals surface area contributed by atoms with E-state index >= 15 is 0 Å². The molecule has 8 nitrogen and oxygen atoms in total. The first-order chi connectivity index (χ1) is 18.9. The summed E-state index contributed by atoms with van der Waals surface area (Å²) in [6.45, 7) is 4.73. The van der Waals surface area contributed by atoms with Gasteiger partial charge in [0.25, 0.3) is 5.91 Å². The molecule has 5 rings (SSSR count). The van der Waals surface area contributed by atoms with E-state index in [1.807, 2.05) is 12.1 Å². The Morgan fingerprint density at radius 2 is 1.80 bits per heavy atom. The molecule has 0 spiro atoms. The summed E-state index contributed by atoms with van der Waals surface area (Å²) in [6, 6.07) is 12.8. The number of anilines is 3. The minimum absolute atomic E-state index is 0.00970. The standard InChI is InChI=1S/C29H30F3N7O/c1-16(20-11-21(29(30,31)32)13-22(33)12-20)34-25-23-14-24(28(40)38(3)4)27(37-26(23)36-17(2)35-25)39-10-9-18-7-5-6-8-19(18)15-39/h5-8,11-14,16H,9-10,15,33H2,1-4H3,(H,34,35,36,37)/t16-/m1/s1. The van der Waals surface area contributed by atoms with Gasteiger partial charge in [0.2, 0.25) is 0 Å². The molecule has 0 saturated heterocycles. The summed E-state index contributed by atoms with van der Waals surface area (Å²) < 4.78 is 40.2. The fraction of sp³-hybridized carbons (Fsp3) is 0.310. The van der Waals surface area contributed by atoms with Gasteiger partial charge in [-0.3, -0.25) is 4.79 Å². The fourth-order valence-electron chi connectivity index (χ4n) is 4.96. The second-order valence-electron chi connectivity index (χ2n) is 10.2. The number of amides is 1. The zero-order valence-corrected chi connectivity index (χ0v) is 22.7. The van der Waals surface area contributed by atoms with Crippen molar-refractivity contribution < 1.29 is 18.0 Å². The van der Waals surface area contributed by atoms with Crippen molar-refractivity contribution in [1.82, 2.24) is 19.9 Å². The van der Waals surface area contributed by atoms with Crippen molar-refractivity contribution in [3.8, 4) is 0 Å². The second kappa shape index (κ2) is 10.3. The Labute approximate surface area is 230 Å². The number of nitrogens with one attached hydrogen (secondary N) is 1. The molecule has 40 heavy (non-hydrogen) atoms. The maximum atomic E-state index is 13.4. The van der Waals surface area contributed by atoms with E-state index in [1.54, 1.807) is 34.0 Å². The van der Waals surface area contributed by atoms with Crippen LogP contribution in [-0.2, 0) is 19.1 Å². The van der Waals surface area contributed by atoms with Gasteiger partial charge in [0.1, 0.15) is 17.5 Å². The van der Waals surface area contributed by atoms with Crippen LogP contribution < -0.4 is 16.0 Å². The molecule has 208 valence electrons. The van der Waals surface area contributed by atoms with Crippen molar-refractivity contribution in [2.75, 3.05) is 36.6 Å². The molecule has 1 aliphatic rings. The minimum Gasteiger partial charge on any atom is -0.399 e. The van der Waals surface area contributed by atoms with Crippen LogP contribution in [0.4, 0.5) is 30.5 Å². The first kappa shape index (κ1) is 27.2. The molecular formula is C29H30F3N7O. The highest BCUT2D eigenvalue weighted by Gasteiger charge is 2.32. The summed E-state index contributed by atoms with van der Waals surface area (Å²) in [4.78, 5) is 30.9. The average Bonchev–Trinajstić information content (AvgIpc) is 2.90. The molecule has 2 aromatic carbocycles. The van der Waals surface area contributed by atoms with Crippen molar-refractivity contribution in [2.45, 2.75) is 39.0 Å². The van der Waals surface area contributed by atoms with Crippen LogP contribution in [0, 0.1) is 6.92 Å². The molecule has 11 heteroatoms. The van der Waals surface area contributed by atoms with E-state index in [9.17, 15) is 18.0 Å². The molecular weight excluding hydrogens is 519 g/mol. The van der Waals surface area contributed by atoms with Gasteiger partial charge >= 0.3 is 6.18 Å². The minimum atomic E-state index is -4.53. The lowest BCUT2D eigenvalue weighted by Gasteiger charge is -2.31. The summed E-state index contributed by atoms with van der Waals surface area (Å²) >= 11 is 0. The number of aromatic nitrogens is 3. The van der Waals surface area contributed by atoms with Gasteiger partial charge in [-0.25, -0.2) is 15.0 Å². The second-order valence-corrected chi connectivity index (χ2v) is 10.2. The van der Waals surface area contributed by atoms with Gasteiger partial charge in [-0.1, -0.05) is 24.3 Å². The van der Waals surface area contributed by atoms with Crippen LogP contribution in [0.15, 0.2) is 48.5 Å². The third-order valence-corrected chi connectivity index (χ3v) is 7.00. The Hall–Kier alpha value is -4.41. The number of hydrogen-bond donors (Lipinski definition) is 2. The molecule has 0 fully saturated rings. The number of aryl methyl sites for hydroxylation is 1. The number of benzene rings is 2. The molecule has 0 aliphatic carbocycles. The summed E-state index contributed by atoms with van der Waals surface area (Å²) in [5.74, 6) is 1.10. The van der Waals surface area contributed by atoms with Gasteiger partial charge in [0.05, 0.1) is 22.6 Å². The number of hydrogen-bond acceptors (Lipinski definition) is 7. The molecule has 4 aromatic rings. The Morgan fingerprint density at radius 1 is 1.07 bits per heavy atom. The molecule has 2 aromatic heterocycles. The Bertz CT molecular complexity index is 1600. The zero-order valence-electron chi connectivity index (χ0n) is 22.7. The Morgan fingerprint density at radius 3 is 2.50 bits per heavy atom. The van der Waals surface area contributed by atoms with Gasteiger partial charge < -0.3 is 20.9 Å². The van der Waals surface area contributed by atoms with Crippen LogP contribution in [0.5, 0.6) is 0 Å². The van der Waals surface area contributed by atoms with Crippen LogP contribution >= 0.6 is 0 Å². The van der Waals surface area contributed by atoms with Crippen LogP contribution in [0.3, 0.4) is 0 Å². The topological polar surface area (TPSA) is 100 Å². The van der Waals surface area contributed by atoms with Crippen molar-refractivity contribution in [2.24, 2.45) is 0 Å². The van der Waals surface area contributed by atoms with Crippen molar-refractivity contribution in [3.63, 3.8) is 0 Å². The summed E-state index contributed by atoms with van der Waals surface area (Å²) in [6.07, 6.45) is -3.71. The lowest BCUT2D eigenvalue weighted by atomic mass is 9.99. The van der Waals surface area contributed by atoms with Gasteiger partial charge in [0.15, 0.2) is 5.65 Å². The lowest BCUT2D eigenvalue weighted by Crippen LogP contribution is -2.34. The monoisotopic (exact) mass is 549 g/mol. The molecule has 0 radical (unpaired) electrons. The summed E-state index contributed by atoms with van der Waals surface area (Å²) in [5.41, 5.74) is 8.54. The van der Waals surface area contributed by atoms with Gasteiger partial charge in [-0.15, -0.1) is 0 Å². The number of carbonyl (C=O) groups excluding carboxylic acids is 1. The quantitative estimate of drug-likeness (QED) is 0.323. The number of rotatable bonds is 5. The molecule has 0 unspecified atom stereocenters. The van der Waals surface area contributed by atoms with E-state index in [1.165, 1.54) is 22.1 Å². The van der Waals surface area contributed by atoms with Gasteiger partial charge in [-0.05, 0) is 61.2 Å². The maximum absolute atomic E-state index is 13.4. The van der Waals surface area contributed by atoms with Crippen molar-refractivity contribution in [3.05, 3.63) is 82.2 Å². The van der Waals surface area contributed by atoms with E-state index in [4.69, 9.17) is 10.7 Å². The van der Waals surface area contributed by atoms with E-state index in [2.05, 4.69) is 32.3 Å². The van der Waals surface area contributed by atoms with Gasteiger partial charge in [-0.2, -0.15) is 13.2 Å². The maximum Gasteiger partial charge on any atom is 0.416 e. The third-order valence-electron chi connectivity index (χ3n) is 7.00. The van der Waals surface area contributed by atoms with E-state index < -0.39 is 17.8 Å².